The number of hydrogen-bond acceptors (Lipinski definition) is 3. The van der Waals surface area contributed by atoms with Crippen molar-refractivity contribution in [3.05, 3.63) is 42.1 Å². The predicted molar refractivity (Wildman–Crippen MR) is 90.9 cm³/mol. The summed E-state index contributed by atoms with van der Waals surface area (Å²) in [5, 5.41) is 4.31. The van der Waals surface area contributed by atoms with Crippen LogP contribution >= 0.6 is 0 Å². The summed E-state index contributed by atoms with van der Waals surface area (Å²) in [6.07, 6.45) is 6.01. The molecule has 0 radical (unpaired) electrons. The van der Waals surface area contributed by atoms with Crippen molar-refractivity contribution in [3.8, 4) is 0 Å². The molecule has 120 valence electrons. The molecule has 4 rings (SSSR count). The predicted octanol–water partition coefficient (Wildman–Crippen LogP) is 2.73. The third-order valence-corrected chi connectivity index (χ3v) is 5.54. The van der Waals surface area contributed by atoms with Crippen molar-refractivity contribution in [1.82, 2.24) is 15.2 Å². The normalized spacial score (nSPS) is 21.5. The minimum Gasteiger partial charge on any atom is -0.356 e. The zero-order valence-corrected chi connectivity index (χ0v) is 13.4. The number of nitrogens with one attached hydrogen (secondary N) is 1. The standard InChI is InChI=1S/C19H23N3O/c23-18-19(7-3-11-21-18)8-12-22(13-9-19)14-15-4-1-6-17-16(15)5-2-10-20-17/h1-2,4-6,10H,3,7-9,11-14H2,(H,21,23). The molecule has 0 unspecified atom stereocenters. The number of carbonyl (C=O) groups excluding carboxylic acids is 1. The maximum absolute atomic E-state index is 12.3. The lowest BCUT2D eigenvalue weighted by Gasteiger charge is -2.43. The summed E-state index contributed by atoms with van der Waals surface area (Å²) in [6.45, 7) is 3.81. The number of piperidine rings is 2. The van der Waals surface area contributed by atoms with E-state index in [1.807, 2.05) is 12.3 Å². The number of rotatable bonds is 2. The van der Waals surface area contributed by atoms with Crippen molar-refractivity contribution in [1.29, 1.82) is 0 Å². The number of benzene rings is 1. The van der Waals surface area contributed by atoms with E-state index < -0.39 is 0 Å². The van der Waals surface area contributed by atoms with E-state index in [1.165, 1.54) is 10.9 Å². The van der Waals surface area contributed by atoms with Crippen LogP contribution in [0.25, 0.3) is 10.9 Å². The lowest BCUT2D eigenvalue weighted by atomic mass is 9.72. The fourth-order valence-corrected chi connectivity index (χ4v) is 4.09. The molecule has 4 heteroatoms. The molecule has 0 aliphatic carbocycles. The van der Waals surface area contributed by atoms with Gasteiger partial charge in [0.05, 0.1) is 10.9 Å². The van der Waals surface area contributed by atoms with Gasteiger partial charge in [-0.2, -0.15) is 0 Å². The molecule has 1 amide bonds. The molecule has 1 spiro atoms. The fourth-order valence-electron chi connectivity index (χ4n) is 4.09. The Kier molecular flexibility index (Phi) is 3.77. The molecular weight excluding hydrogens is 286 g/mol. The second-order valence-corrected chi connectivity index (χ2v) is 6.90. The van der Waals surface area contributed by atoms with Crippen molar-refractivity contribution >= 4 is 16.8 Å². The van der Waals surface area contributed by atoms with Crippen molar-refractivity contribution < 1.29 is 4.79 Å². The van der Waals surface area contributed by atoms with E-state index in [0.29, 0.717) is 0 Å². The first-order chi connectivity index (χ1) is 11.3. The van der Waals surface area contributed by atoms with Gasteiger partial charge in [-0.3, -0.25) is 14.7 Å². The van der Waals surface area contributed by atoms with Gasteiger partial charge in [-0.25, -0.2) is 0 Å². The maximum atomic E-state index is 12.3. The molecule has 23 heavy (non-hydrogen) atoms. The third kappa shape index (κ3) is 2.72. The summed E-state index contributed by atoms with van der Waals surface area (Å²) in [7, 11) is 0. The molecule has 0 bridgehead atoms. The zero-order chi connectivity index (χ0) is 15.7. The van der Waals surface area contributed by atoms with Gasteiger partial charge in [-0.05, 0) is 56.5 Å². The lowest BCUT2D eigenvalue weighted by Crippen LogP contribution is -2.51. The Labute approximate surface area is 136 Å². The minimum atomic E-state index is -0.0882. The van der Waals surface area contributed by atoms with Crippen LogP contribution in [0.15, 0.2) is 36.5 Å². The minimum absolute atomic E-state index is 0.0882. The number of nitrogens with zero attached hydrogens (tertiary/aromatic N) is 2. The average Bonchev–Trinajstić information content (AvgIpc) is 2.60. The van der Waals surface area contributed by atoms with Gasteiger partial charge in [0.1, 0.15) is 0 Å². The average molecular weight is 309 g/mol. The Hall–Kier alpha value is -1.94. The third-order valence-electron chi connectivity index (χ3n) is 5.54. The van der Waals surface area contributed by atoms with Crippen LogP contribution in [-0.2, 0) is 11.3 Å². The molecule has 2 aliphatic rings. The number of pyridine rings is 1. The van der Waals surface area contributed by atoms with E-state index in [4.69, 9.17) is 0 Å². The maximum Gasteiger partial charge on any atom is 0.226 e. The molecule has 4 nitrogen and oxygen atoms in total. The lowest BCUT2D eigenvalue weighted by molar-refractivity contribution is -0.136. The Morgan fingerprint density at radius 2 is 2.00 bits per heavy atom. The Bertz CT molecular complexity index is 714. The van der Waals surface area contributed by atoms with Crippen molar-refractivity contribution in [2.75, 3.05) is 19.6 Å². The Morgan fingerprint density at radius 3 is 2.83 bits per heavy atom. The smallest absolute Gasteiger partial charge is 0.226 e. The van der Waals surface area contributed by atoms with Crippen LogP contribution in [0.5, 0.6) is 0 Å². The van der Waals surface area contributed by atoms with Crippen LogP contribution in [0.4, 0.5) is 0 Å². The number of hydrogen-bond donors (Lipinski definition) is 1. The SMILES string of the molecule is O=C1NCCCC12CCN(Cc1cccc3ncccc13)CC2. The molecule has 2 fully saturated rings. The molecule has 1 aromatic carbocycles. The van der Waals surface area contributed by atoms with E-state index in [-0.39, 0.29) is 11.3 Å². The van der Waals surface area contributed by atoms with Gasteiger partial charge >= 0.3 is 0 Å². The van der Waals surface area contributed by atoms with E-state index in [2.05, 4.69) is 39.5 Å². The van der Waals surface area contributed by atoms with Gasteiger partial charge < -0.3 is 5.32 Å². The number of fused-ring (bicyclic) bond motifs is 1. The highest BCUT2D eigenvalue weighted by Gasteiger charge is 2.42. The summed E-state index contributed by atoms with van der Waals surface area (Å²) in [5.41, 5.74) is 2.31. The van der Waals surface area contributed by atoms with Crippen LogP contribution < -0.4 is 5.32 Å². The molecule has 2 saturated heterocycles. The summed E-state index contributed by atoms with van der Waals surface area (Å²) < 4.78 is 0. The van der Waals surface area contributed by atoms with Crippen LogP contribution in [-0.4, -0.2) is 35.4 Å². The quantitative estimate of drug-likeness (QED) is 0.928. The van der Waals surface area contributed by atoms with Crippen molar-refractivity contribution in [2.45, 2.75) is 32.2 Å². The van der Waals surface area contributed by atoms with Gasteiger partial charge in [-0.1, -0.05) is 18.2 Å². The molecule has 2 aromatic rings. The molecule has 3 heterocycles. The fraction of sp³-hybridized carbons (Fsp3) is 0.474. The highest BCUT2D eigenvalue weighted by molar-refractivity contribution is 5.83. The van der Waals surface area contributed by atoms with E-state index >= 15 is 0 Å². The van der Waals surface area contributed by atoms with Gasteiger partial charge in [0, 0.05) is 24.7 Å². The molecule has 1 N–H and O–H groups in total. The molecular formula is C19H23N3O. The first-order valence-corrected chi connectivity index (χ1v) is 8.60. The van der Waals surface area contributed by atoms with E-state index in [9.17, 15) is 4.79 Å². The second-order valence-electron chi connectivity index (χ2n) is 6.90. The summed E-state index contributed by atoms with van der Waals surface area (Å²) >= 11 is 0. The van der Waals surface area contributed by atoms with Gasteiger partial charge in [0.2, 0.25) is 5.91 Å². The van der Waals surface area contributed by atoms with E-state index in [1.54, 1.807) is 0 Å². The highest BCUT2D eigenvalue weighted by atomic mass is 16.2. The summed E-state index contributed by atoms with van der Waals surface area (Å²) in [6, 6.07) is 10.5. The molecule has 1 aromatic heterocycles. The van der Waals surface area contributed by atoms with Gasteiger partial charge in [-0.15, -0.1) is 0 Å². The van der Waals surface area contributed by atoms with Gasteiger partial charge in [0.15, 0.2) is 0 Å². The van der Waals surface area contributed by atoms with Gasteiger partial charge in [0.25, 0.3) is 0 Å². The number of carbonyl (C=O) groups is 1. The number of likely N-dealkylation sites (tertiary alicyclic amines) is 1. The van der Waals surface area contributed by atoms with Crippen LogP contribution in [0.2, 0.25) is 0 Å². The summed E-state index contributed by atoms with van der Waals surface area (Å²) in [5.74, 6) is 0.290. The van der Waals surface area contributed by atoms with Crippen LogP contribution in [0, 0.1) is 5.41 Å². The van der Waals surface area contributed by atoms with Crippen LogP contribution in [0.1, 0.15) is 31.2 Å². The largest absolute Gasteiger partial charge is 0.356 e. The zero-order valence-electron chi connectivity index (χ0n) is 13.4. The molecule has 2 aliphatic heterocycles. The Balaban J connectivity index is 1.48. The molecule has 0 saturated carbocycles. The second kappa shape index (κ2) is 5.93. The van der Waals surface area contributed by atoms with Crippen molar-refractivity contribution in [2.24, 2.45) is 5.41 Å². The number of amides is 1. The molecule has 0 atom stereocenters. The van der Waals surface area contributed by atoms with Crippen LogP contribution in [0.3, 0.4) is 0 Å². The highest BCUT2D eigenvalue weighted by Crippen LogP contribution is 2.38. The first-order valence-electron chi connectivity index (χ1n) is 8.60. The van der Waals surface area contributed by atoms with Crippen molar-refractivity contribution in [3.63, 3.8) is 0 Å². The number of aromatic nitrogens is 1. The monoisotopic (exact) mass is 309 g/mol. The summed E-state index contributed by atoms with van der Waals surface area (Å²) in [4.78, 5) is 19.2. The van der Waals surface area contributed by atoms with E-state index in [0.717, 1.165) is 57.4 Å². The topological polar surface area (TPSA) is 45.2 Å². The Morgan fingerprint density at radius 1 is 1.13 bits per heavy atom. The first kappa shape index (κ1) is 14.6.